The van der Waals surface area contributed by atoms with Crippen molar-refractivity contribution in [2.75, 3.05) is 19.8 Å². The van der Waals surface area contributed by atoms with Crippen molar-refractivity contribution in [3.8, 4) is 5.75 Å². The summed E-state index contributed by atoms with van der Waals surface area (Å²) in [6.45, 7) is 7.07. The second-order valence-corrected chi connectivity index (χ2v) is 6.76. The highest BCUT2D eigenvalue weighted by molar-refractivity contribution is 5.85. The molecule has 0 aliphatic carbocycles. The molecule has 1 heterocycles. The van der Waals surface area contributed by atoms with Crippen molar-refractivity contribution in [3.63, 3.8) is 0 Å². The maximum absolute atomic E-state index is 12.8. The first kappa shape index (κ1) is 21.4. The summed E-state index contributed by atoms with van der Waals surface area (Å²) in [4.78, 5) is 24.9. The summed E-state index contributed by atoms with van der Waals surface area (Å²) in [5.41, 5.74) is 1.97. The van der Waals surface area contributed by atoms with Gasteiger partial charge >= 0.3 is 12.0 Å². The standard InChI is InChI=1S/C23H26N2O5/c1-3-28-13-14-29-22(26)20-16(2)24-23(27)25-21(20)18-11-7-8-12-19(18)30-15-17-9-5-4-6-10-17/h4-12,20-21H,2-3,13-15H2,1H3,(H2,24,25,27)/t20-,21+/m0/s1. The predicted octanol–water partition coefficient (Wildman–Crippen LogP) is 3.33. The van der Waals surface area contributed by atoms with Crippen LogP contribution in [0.1, 0.15) is 24.1 Å². The van der Waals surface area contributed by atoms with E-state index in [-0.39, 0.29) is 12.3 Å². The Balaban J connectivity index is 1.80. The van der Waals surface area contributed by atoms with E-state index in [9.17, 15) is 9.59 Å². The van der Waals surface area contributed by atoms with Crippen molar-refractivity contribution in [1.82, 2.24) is 10.6 Å². The fourth-order valence-electron chi connectivity index (χ4n) is 3.26. The minimum absolute atomic E-state index is 0.128. The number of hydrogen-bond donors (Lipinski definition) is 2. The van der Waals surface area contributed by atoms with Gasteiger partial charge in [0, 0.05) is 17.9 Å². The molecule has 0 saturated carbocycles. The van der Waals surface area contributed by atoms with Crippen LogP contribution in [0.3, 0.4) is 0 Å². The van der Waals surface area contributed by atoms with Crippen LogP contribution in [-0.2, 0) is 20.9 Å². The van der Waals surface area contributed by atoms with Gasteiger partial charge in [-0.2, -0.15) is 0 Å². The molecule has 0 bridgehead atoms. The molecule has 1 aliphatic rings. The number of ether oxygens (including phenoxy) is 3. The third-order valence-corrected chi connectivity index (χ3v) is 4.69. The summed E-state index contributed by atoms with van der Waals surface area (Å²) in [7, 11) is 0. The molecule has 2 N–H and O–H groups in total. The summed E-state index contributed by atoms with van der Waals surface area (Å²) in [6, 6.07) is 16.0. The molecule has 2 amide bonds. The zero-order valence-electron chi connectivity index (χ0n) is 16.9. The van der Waals surface area contributed by atoms with Crippen LogP contribution in [0, 0.1) is 5.92 Å². The smallest absolute Gasteiger partial charge is 0.319 e. The van der Waals surface area contributed by atoms with E-state index < -0.39 is 24.0 Å². The number of benzene rings is 2. The van der Waals surface area contributed by atoms with E-state index in [1.54, 1.807) is 0 Å². The van der Waals surface area contributed by atoms with Crippen LogP contribution in [0.4, 0.5) is 4.79 Å². The molecule has 2 atom stereocenters. The summed E-state index contributed by atoms with van der Waals surface area (Å²) < 4.78 is 16.6. The van der Waals surface area contributed by atoms with E-state index in [4.69, 9.17) is 14.2 Å². The minimum Gasteiger partial charge on any atom is -0.489 e. The first-order valence-corrected chi connectivity index (χ1v) is 9.86. The Morgan fingerprint density at radius 1 is 1.07 bits per heavy atom. The lowest BCUT2D eigenvalue weighted by atomic mass is 9.88. The van der Waals surface area contributed by atoms with E-state index in [0.717, 1.165) is 5.56 Å². The number of carbonyl (C=O) groups excluding carboxylic acids is 2. The van der Waals surface area contributed by atoms with Crippen molar-refractivity contribution < 1.29 is 23.8 Å². The van der Waals surface area contributed by atoms with Crippen molar-refractivity contribution >= 4 is 12.0 Å². The number of amides is 2. The number of carbonyl (C=O) groups is 2. The van der Waals surface area contributed by atoms with E-state index >= 15 is 0 Å². The van der Waals surface area contributed by atoms with Crippen LogP contribution in [-0.4, -0.2) is 31.8 Å². The molecule has 3 rings (SSSR count). The number of esters is 1. The Morgan fingerprint density at radius 3 is 2.57 bits per heavy atom. The van der Waals surface area contributed by atoms with Gasteiger partial charge in [0.15, 0.2) is 0 Å². The van der Waals surface area contributed by atoms with Gasteiger partial charge in [-0.25, -0.2) is 4.79 Å². The van der Waals surface area contributed by atoms with Crippen molar-refractivity contribution in [1.29, 1.82) is 0 Å². The third kappa shape index (κ3) is 5.39. The quantitative estimate of drug-likeness (QED) is 0.489. The Hall–Kier alpha value is -3.32. The fourth-order valence-corrected chi connectivity index (χ4v) is 3.26. The fraction of sp³-hybridized carbons (Fsp3) is 0.304. The van der Waals surface area contributed by atoms with Crippen LogP contribution >= 0.6 is 0 Å². The summed E-state index contributed by atoms with van der Waals surface area (Å²) in [5.74, 6) is -0.714. The molecule has 0 spiro atoms. The Labute approximate surface area is 176 Å². The zero-order valence-corrected chi connectivity index (χ0v) is 16.9. The first-order chi connectivity index (χ1) is 14.6. The molecule has 1 saturated heterocycles. The van der Waals surface area contributed by atoms with Crippen molar-refractivity contribution in [2.45, 2.75) is 19.6 Å². The van der Waals surface area contributed by atoms with Crippen LogP contribution in [0.15, 0.2) is 66.9 Å². The maximum Gasteiger partial charge on any atom is 0.319 e. The molecule has 1 fully saturated rings. The van der Waals surface area contributed by atoms with Crippen LogP contribution < -0.4 is 15.4 Å². The van der Waals surface area contributed by atoms with E-state index in [0.29, 0.717) is 31.1 Å². The molecular weight excluding hydrogens is 384 g/mol. The molecule has 30 heavy (non-hydrogen) atoms. The Kier molecular flexibility index (Phi) is 7.45. The van der Waals surface area contributed by atoms with Gasteiger partial charge in [-0.1, -0.05) is 55.1 Å². The largest absolute Gasteiger partial charge is 0.489 e. The average molecular weight is 410 g/mol. The lowest BCUT2D eigenvalue weighted by molar-refractivity contribution is -0.150. The topological polar surface area (TPSA) is 85.9 Å². The van der Waals surface area contributed by atoms with E-state index in [1.807, 2.05) is 61.5 Å². The number of para-hydroxylation sites is 1. The number of urea groups is 1. The zero-order chi connectivity index (χ0) is 21.3. The minimum atomic E-state index is -0.800. The third-order valence-electron chi connectivity index (χ3n) is 4.69. The van der Waals surface area contributed by atoms with Gasteiger partial charge in [0.25, 0.3) is 0 Å². The van der Waals surface area contributed by atoms with Gasteiger partial charge in [0.1, 0.15) is 24.9 Å². The highest BCUT2D eigenvalue weighted by atomic mass is 16.6. The Bertz CT molecular complexity index is 884. The molecule has 0 unspecified atom stereocenters. The van der Waals surface area contributed by atoms with Gasteiger partial charge in [-0.3, -0.25) is 4.79 Å². The maximum atomic E-state index is 12.8. The summed E-state index contributed by atoms with van der Waals surface area (Å²) >= 11 is 0. The van der Waals surface area contributed by atoms with Gasteiger partial charge in [0.05, 0.1) is 12.6 Å². The molecule has 0 radical (unpaired) electrons. The predicted molar refractivity (Wildman–Crippen MR) is 112 cm³/mol. The molecule has 0 aromatic heterocycles. The second-order valence-electron chi connectivity index (χ2n) is 6.76. The molecule has 7 heteroatoms. The van der Waals surface area contributed by atoms with E-state index in [1.165, 1.54) is 0 Å². The first-order valence-electron chi connectivity index (χ1n) is 9.86. The molecule has 1 aliphatic heterocycles. The number of nitrogens with one attached hydrogen (secondary N) is 2. The molecule has 2 aromatic carbocycles. The molecule has 158 valence electrons. The van der Waals surface area contributed by atoms with Crippen LogP contribution in [0.5, 0.6) is 5.75 Å². The monoisotopic (exact) mass is 410 g/mol. The van der Waals surface area contributed by atoms with Gasteiger partial charge in [-0.05, 0) is 18.6 Å². The van der Waals surface area contributed by atoms with Crippen LogP contribution in [0.25, 0.3) is 0 Å². The lowest BCUT2D eigenvalue weighted by Crippen LogP contribution is -2.51. The second kappa shape index (κ2) is 10.5. The molecule has 2 aromatic rings. The average Bonchev–Trinajstić information content (AvgIpc) is 2.75. The van der Waals surface area contributed by atoms with Gasteiger partial charge in [0.2, 0.25) is 0 Å². The lowest BCUT2D eigenvalue weighted by Gasteiger charge is -2.34. The van der Waals surface area contributed by atoms with E-state index in [2.05, 4.69) is 17.2 Å². The van der Waals surface area contributed by atoms with Crippen LogP contribution in [0.2, 0.25) is 0 Å². The molecule has 7 nitrogen and oxygen atoms in total. The number of rotatable bonds is 9. The highest BCUT2D eigenvalue weighted by Crippen LogP contribution is 2.35. The van der Waals surface area contributed by atoms with Gasteiger partial charge in [-0.15, -0.1) is 0 Å². The normalized spacial score (nSPS) is 18.3. The number of hydrogen-bond acceptors (Lipinski definition) is 5. The van der Waals surface area contributed by atoms with Crippen molar-refractivity contribution in [2.24, 2.45) is 5.92 Å². The highest BCUT2D eigenvalue weighted by Gasteiger charge is 2.40. The summed E-state index contributed by atoms with van der Waals surface area (Å²) in [5, 5.41) is 5.38. The SMILES string of the molecule is C=C1NC(=O)N[C@H](c2ccccc2OCc2ccccc2)[C@H]1C(=O)OCCOCC. The van der Waals surface area contributed by atoms with Gasteiger partial charge < -0.3 is 24.8 Å². The van der Waals surface area contributed by atoms with Crippen molar-refractivity contribution in [3.05, 3.63) is 78.0 Å². The Morgan fingerprint density at radius 2 is 1.80 bits per heavy atom. The molecular formula is C23H26N2O5. The summed E-state index contributed by atoms with van der Waals surface area (Å²) in [6.07, 6.45) is 0.